The van der Waals surface area contributed by atoms with E-state index in [4.69, 9.17) is 33.7 Å². The normalized spacial score (nSPS) is 10.7. The van der Waals surface area contributed by atoms with Gasteiger partial charge in [0.05, 0.1) is 28.4 Å². The number of methoxy groups -OCH3 is 1. The van der Waals surface area contributed by atoms with Crippen LogP contribution in [0.3, 0.4) is 0 Å². The van der Waals surface area contributed by atoms with Crippen molar-refractivity contribution in [1.29, 1.82) is 0 Å². The van der Waals surface area contributed by atoms with E-state index in [-0.39, 0.29) is 28.2 Å². The second-order valence-corrected chi connectivity index (χ2v) is 6.40. The van der Waals surface area contributed by atoms with Crippen molar-refractivity contribution in [2.45, 2.75) is 6.54 Å². The average Bonchev–Trinajstić information content (AvgIpc) is 2.97. The minimum absolute atomic E-state index is 0.00286. The molecule has 3 N–H and O–H groups in total. The highest BCUT2D eigenvalue weighted by atomic mass is 35.5. The Balaban J connectivity index is 1.87. The summed E-state index contributed by atoms with van der Waals surface area (Å²) >= 11 is 12.0. The number of para-hydroxylation sites is 1. The summed E-state index contributed by atoms with van der Waals surface area (Å²) in [5, 5.41) is 3.94. The Morgan fingerprint density at radius 2 is 1.85 bits per heavy atom. The summed E-state index contributed by atoms with van der Waals surface area (Å²) in [5.74, 6) is -0.767. The highest BCUT2D eigenvalue weighted by Gasteiger charge is 2.17. The van der Waals surface area contributed by atoms with Crippen molar-refractivity contribution in [3.8, 4) is 0 Å². The molecule has 0 bridgehead atoms. The predicted octanol–water partition coefficient (Wildman–Crippen LogP) is 3.96. The molecule has 0 aliphatic rings. The van der Waals surface area contributed by atoms with Gasteiger partial charge >= 0.3 is 5.97 Å². The highest BCUT2D eigenvalue weighted by molar-refractivity contribution is 6.39. The number of aromatic nitrogens is 1. The van der Waals surface area contributed by atoms with Crippen LogP contribution in [0.2, 0.25) is 10.0 Å². The van der Waals surface area contributed by atoms with Gasteiger partial charge in [-0.05, 0) is 18.2 Å². The maximum atomic E-state index is 12.4. The largest absolute Gasteiger partial charge is 0.465 e. The number of carbonyl (C=O) groups excluding carboxylic acids is 2. The van der Waals surface area contributed by atoms with E-state index in [0.29, 0.717) is 16.6 Å². The van der Waals surface area contributed by atoms with E-state index in [1.165, 1.54) is 19.2 Å². The number of nitrogens with zero attached hydrogens (tertiary/aromatic N) is 1. The molecular formula is C18H15Cl2N3O3. The third-order valence-corrected chi connectivity index (χ3v) is 4.50. The molecule has 0 spiro atoms. The molecule has 1 aromatic heterocycles. The lowest BCUT2D eigenvalue weighted by atomic mass is 10.2. The summed E-state index contributed by atoms with van der Waals surface area (Å²) in [6, 6.07) is 10.3. The van der Waals surface area contributed by atoms with Gasteiger partial charge in [-0.3, -0.25) is 4.79 Å². The minimum Gasteiger partial charge on any atom is -0.465 e. The fraction of sp³-hybridized carbons (Fsp3) is 0.111. The standard InChI is InChI=1S/C18H15Cl2N3O3/c1-26-18(25)12-8-23(15-5-3-2-4-11(12)15)9-16(24)22-10-6-13(19)17(21)14(20)7-10/h2-8H,9,21H2,1H3,(H,22,24). The van der Waals surface area contributed by atoms with E-state index in [2.05, 4.69) is 5.32 Å². The molecule has 6 nitrogen and oxygen atoms in total. The van der Waals surface area contributed by atoms with Gasteiger partial charge in [0.25, 0.3) is 0 Å². The van der Waals surface area contributed by atoms with E-state index in [1.807, 2.05) is 18.2 Å². The highest BCUT2D eigenvalue weighted by Crippen LogP contribution is 2.31. The molecule has 0 atom stereocenters. The molecule has 1 amide bonds. The molecular weight excluding hydrogens is 377 g/mol. The van der Waals surface area contributed by atoms with E-state index < -0.39 is 5.97 Å². The Labute approximate surface area is 159 Å². The van der Waals surface area contributed by atoms with Crippen molar-refractivity contribution in [2.75, 3.05) is 18.2 Å². The number of hydrogen-bond donors (Lipinski definition) is 2. The number of fused-ring (bicyclic) bond motifs is 1. The number of halogens is 2. The van der Waals surface area contributed by atoms with Gasteiger partial charge in [-0.2, -0.15) is 0 Å². The zero-order valence-corrected chi connectivity index (χ0v) is 15.3. The lowest BCUT2D eigenvalue weighted by Crippen LogP contribution is -2.18. The molecule has 0 aliphatic carbocycles. The molecule has 3 rings (SSSR count). The summed E-state index contributed by atoms with van der Waals surface area (Å²) in [6.45, 7) is -0.00286. The molecule has 0 saturated heterocycles. The smallest absolute Gasteiger partial charge is 0.340 e. The fourth-order valence-corrected chi connectivity index (χ4v) is 3.15. The number of benzene rings is 2. The molecule has 0 radical (unpaired) electrons. The quantitative estimate of drug-likeness (QED) is 0.520. The molecule has 0 aliphatic heterocycles. The van der Waals surface area contributed by atoms with Gasteiger partial charge in [0, 0.05) is 22.8 Å². The van der Waals surface area contributed by atoms with Crippen molar-refractivity contribution < 1.29 is 14.3 Å². The van der Waals surface area contributed by atoms with Crippen LogP contribution >= 0.6 is 23.2 Å². The Hall–Kier alpha value is -2.70. The van der Waals surface area contributed by atoms with E-state index in [1.54, 1.807) is 16.8 Å². The fourth-order valence-electron chi connectivity index (χ4n) is 2.66. The Bertz CT molecular complexity index is 991. The predicted molar refractivity (Wildman–Crippen MR) is 103 cm³/mol. The number of anilines is 2. The topological polar surface area (TPSA) is 86.3 Å². The Kier molecular flexibility index (Phi) is 5.06. The molecule has 26 heavy (non-hydrogen) atoms. The molecule has 2 aromatic carbocycles. The number of rotatable bonds is 4. The van der Waals surface area contributed by atoms with Crippen molar-refractivity contribution >= 4 is 57.4 Å². The monoisotopic (exact) mass is 391 g/mol. The molecule has 8 heteroatoms. The number of nitrogens with one attached hydrogen (secondary N) is 1. The van der Waals surface area contributed by atoms with Crippen molar-refractivity contribution in [3.63, 3.8) is 0 Å². The molecule has 0 fully saturated rings. The van der Waals surface area contributed by atoms with Gasteiger partial charge in [-0.25, -0.2) is 4.79 Å². The van der Waals surface area contributed by atoms with Crippen molar-refractivity contribution in [3.05, 3.63) is 58.2 Å². The molecule has 0 unspecified atom stereocenters. The molecule has 1 heterocycles. The van der Waals surface area contributed by atoms with E-state index in [9.17, 15) is 9.59 Å². The van der Waals surface area contributed by atoms with Crippen LogP contribution in [0.4, 0.5) is 11.4 Å². The van der Waals surface area contributed by atoms with Crippen LogP contribution in [0.5, 0.6) is 0 Å². The summed E-state index contributed by atoms with van der Waals surface area (Å²) in [6.07, 6.45) is 1.60. The third kappa shape index (κ3) is 3.47. The minimum atomic E-state index is -0.461. The zero-order valence-electron chi connectivity index (χ0n) is 13.8. The molecule has 0 saturated carbocycles. The number of nitrogens with two attached hydrogens (primary N) is 1. The van der Waals surface area contributed by atoms with Crippen LogP contribution in [0.1, 0.15) is 10.4 Å². The molecule has 134 valence electrons. The first-order valence-electron chi connectivity index (χ1n) is 7.61. The Morgan fingerprint density at radius 3 is 2.50 bits per heavy atom. The first kappa shape index (κ1) is 18.1. The zero-order chi connectivity index (χ0) is 18.8. The SMILES string of the molecule is COC(=O)c1cn(CC(=O)Nc2cc(Cl)c(N)c(Cl)c2)c2ccccc12. The van der Waals surface area contributed by atoms with Crippen LogP contribution in [-0.4, -0.2) is 23.6 Å². The van der Waals surface area contributed by atoms with Crippen LogP contribution in [0.15, 0.2) is 42.6 Å². The van der Waals surface area contributed by atoms with Gasteiger partial charge < -0.3 is 20.4 Å². The van der Waals surface area contributed by atoms with Crippen molar-refractivity contribution in [1.82, 2.24) is 4.57 Å². The van der Waals surface area contributed by atoms with Gasteiger partial charge in [-0.15, -0.1) is 0 Å². The van der Waals surface area contributed by atoms with Crippen LogP contribution in [-0.2, 0) is 16.1 Å². The lowest BCUT2D eigenvalue weighted by Gasteiger charge is -2.09. The van der Waals surface area contributed by atoms with E-state index in [0.717, 1.165) is 5.52 Å². The number of hydrogen-bond acceptors (Lipinski definition) is 4. The number of nitrogen functional groups attached to an aromatic ring is 1. The van der Waals surface area contributed by atoms with Gasteiger partial charge in [0.15, 0.2) is 0 Å². The maximum Gasteiger partial charge on any atom is 0.340 e. The maximum absolute atomic E-state index is 12.4. The third-order valence-electron chi connectivity index (χ3n) is 3.87. The van der Waals surface area contributed by atoms with E-state index >= 15 is 0 Å². The summed E-state index contributed by atoms with van der Waals surface area (Å²) in [7, 11) is 1.32. The second kappa shape index (κ2) is 7.27. The van der Waals surface area contributed by atoms with Gasteiger partial charge in [-0.1, -0.05) is 41.4 Å². The van der Waals surface area contributed by atoms with Crippen LogP contribution < -0.4 is 11.1 Å². The van der Waals surface area contributed by atoms with Crippen molar-refractivity contribution in [2.24, 2.45) is 0 Å². The number of esters is 1. The lowest BCUT2D eigenvalue weighted by molar-refractivity contribution is -0.116. The first-order chi connectivity index (χ1) is 12.4. The number of carbonyl (C=O) groups is 2. The van der Waals surface area contributed by atoms with Crippen LogP contribution in [0.25, 0.3) is 10.9 Å². The summed E-state index contributed by atoms with van der Waals surface area (Å²) < 4.78 is 6.48. The summed E-state index contributed by atoms with van der Waals surface area (Å²) in [5.41, 5.74) is 7.52. The summed E-state index contributed by atoms with van der Waals surface area (Å²) in [4.78, 5) is 24.4. The Morgan fingerprint density at radius 1 is 1.19 bits per heavy atom. The molecule has 3 aromatic rings. The van der Waals surface area contributed by atoms with Gasteiger partial charge in [0.2, 0.25) is 5.91 Å². The number of ether oxygens (including phenoxy) is 1. The average molecular weight is 392 g/mol. The first-order valence-corrected chi connectivity index (χ1v) is 8.37. The van der Waals surface area contributed by atoms with Crippen LogP contribution in [0, 0.1) is 0 Å². The number of amides is 1. The van der Waals surface area contributed by atoms with Gasteiger partial charge in [0.1, 0.15) is 6.54 Å². The second-order valence-electron chi connectivity index (χ2n) is 5.58.